The molecule has 120 valence electrons. The third kappa shape index (κ3) is 3.19. The maximum atomic E-state index is 12.3. The maximum Gasteiger partial charge on any atom is 0.264 e. The van der Waals surface area contributed by atoms with Gasteiger partial charge in [-0.3, -0.25) is 4.79 Å². The summed E-state index contributed by atoms with van der Waals surface area (Å²) in [6, 6.07) is 4.40. The standard InChI is InChI=1S/C15H19NO5S/c17-15(11-4-1-2-5-11)16-22(18,19)12-6-7-13-14(10-12)21-9-3-8-20-13/h6-7,10-11H,1-5,8-9H2,(H,16,17). The first-order valence-corrected chi connectivity index (χ1v) is 9.01. The van der Waals surface area contributed by atoms with E-state index in [1.165, 1.54) is 12.1 Å². The van der Waals surface area contributed by atoms with Crippen molar-refractivity contribution in [3.05, 3.63) is 18.2 Å². The molecule has 1 saturated carbocycles. The Morgan fingerprint density at radius 2 is 1.73 bits per heavy atom. The highest BCUT2D eigenvalue weighted by Gasteiger charge is 2.27. The fourth-order valence-electron chi connectivity index (χ4n) is 2.77. The van der Waals surface area contributed by atoms with Gasteiger partial charge in [-0.15, -0.1) is 0 Å². The van der Waals surface area contributed by atoms with Gasteiger partial charge in [0.25, 0.3) is 10.0 Å². The second kappa shape index (κ2) is 6.16. The summed E-state index contributed by atoms with van der Waals surface area (Å²) in [5.41, 5.74) is 0. The number of amides is 1. The molecule has 6 nitrogen and oxygen atoms in total. The average Bonchev–Trinajstić information content (AvgIpc) is 2.92. The van der Waals surface area contributed by atoms with Crippen LogP contribution in [-0.2, 0) is 14.8 Å². The molecule has 0 saturated heterocycles. The first kappa shape index (κ1) is 15.1. The van der Waals surface area contributed by atoms with Gasteiger partial charge in [0.1, 0.15) is 0 Å². The molecule has 0 spiro atoms. The normalized spacial score (nSPS) is 18.7. The van der Waals surface area contributed by atoms with E-state index in [4.69, 9.17) is 9.47 Å². The van der Waals surface area contributed by atoms with Gasteiger partial charge in [0.2, 0.25) is 5.91 Å². The van der Waals surface area contributed by atoms with Crippen LogP contribution < -0.4 is 14.2 Å². The lowest BCUT2D eigenvalue weighted by Gasteiger charge is -2.13. The van der Waals surface area contributed by atoms with Crippen molar-refractivity contribution in [3.63, 3.8) is 0 Å². The van der Waals surface area contributed by atoms with Gasteiger partial charge in [-0.1, -0.05) is 12.8 Å². The van der Waals surface area contributed by atoms with Gasteiger partial charge < -0.3 is 9.47 Å². The number of hydrogen-bond acceptors (Lipinski definition) is 5. The summed E-state index contributed by atoms with van der Waals surface area (Å²) in [5, 5.41) is 0. The van der Waals surface area contributed by atoms with Crippen molar-refractivity contribution in [2.24, 2.45) is 5.92 Å². The molecule has 1 N–H and O–H groups in total. The minimum absolute atomic E-state index is 0.0168. The van der Waals surface area contributed by atoms with E-state index in [-0.39, 0.29) is 10.8 Å². The highest BCUT2D eigenvalue weighted by atomic mass is 32.2. The molecule has 0 atom stereocenters. The van der Waals surface area contributed by atoms with Crippen LogP contribution in [0.2, 0.25) is 0 Å². The van der Waals surface area contributed by atoms with Crippen molar-refractivity contribution < 1.29 is 22.7 Å². The molecular weight excluding hydrogens is 306 g/mol. The topological polar surface area (TPSA) is 81.7 Å². The van der Waals surface area contributed by atoms with Crippen LogP contribution in [0.15, 0.2) is 23.1 Å². The Hall–Kier alpha value is -1.76. The molecule has 1 fully saturated rings. The van der Waals surface area contributed by atoms with Gasteiger partial charge in [-0.25, -0.2) is 13.1 Å². The van der Waals surface area contributed by atoms with E-state index in [0.29, 0.717) is 24.7 Å². The number of carbonyl (C=O) groups excluding carboxylic acids is 1. The first-order valence-electron chi connectivity index (χ1n) is 7.52. The average molecular weight is 325 g/mol. The Labute approximate surface area is 129 Å². The second-order valence-corrected chi connectivity index (χ2v) is 7.29. The third-order valence-corrected chi connectivity index (χ3v) is 5.33. The van der Waals surface area contributed by atoms with Crippen molar-refractivity contribution in [2.45, 2.75) is 37.0 Å². The molecule has 1 aromatic rings. The number of nitrogens with one attached hydrogen (secondary N) is 1. The molecule has 1 amide bonds. The molecule has 1 aliphatic heterocycles. The van der Waals surface area contributed by atoms with Gasteiger partial charge in [0, 0.05) is 18.4 Å². The van der Waals surface area contributed by atoms with Crippen molar-refractivity contribution in [2.75, 3.05) is 13.2 Å². The minimum atomic E-state index is -3.88. The molecule has 1 aliphatic carbocycles. The van der Waals surface area contributed by atoms with Crippen LogP contribution in [0.5, 0.6) is 11.5 Å². The summed E-state index contributed by atoms with van der Waals surface area (Å²) in [6.45, 7) is 1.02. The summed E-state index contributed by atoms with van der Waals surface area (Å²) >= 11 is 0. The number of ether oxygens (including phenoxy) is 2. The Balaban J connectivity index is 1.79. The molecule has 7 heteroatoms. The van der Waals surface area contributed by atoms with Gasteiger partial charge in [0.15, 0.2) is 11.5 Å². The van der Waals surface area contributed by atoms with Crippen LogP contribution >= 0.6 is 0 Å². The number of carbonyl (C=O) groups is 1. The van der Waals surface area contributed by atoms with E-state index < -0.39 is 15.9 Å². The fraction of sp³-hybridized carbons (Fsp3) is 0.533. The maximum absolute atomic E-state index is 12.3. The quantitative estimate of drug-likeness (QED) is 0.917. The van der Waals surface area contributed by atoms with E-state index in [1.54, 1.807) is 6.07 Å². The van der Waals surface area contributed by atoms with Gasteiger partial charge in [-0.2, -0.15) is 0 Å². The van der Waals surface area contributed by atoms with Crippen LogP contribution in [-0.4, -0.2) is 27.5 Å². The highest BCUT2D eigenvalue weighted by molar-refractivity contribution is 7.90. The highest BCUT2D eigenvalue weighted by Crippen LogP contribution is 2.32. The number of benzene rings is 1. The molecule has 0 radical (unpaired) electrons. The largest absolute Gasteiger partial charge is 0.490 e. The summed E-state index contributed by atoms with van der Waals surface area (Å²) in [7, 11) is -3.88. The van der Waals surface area contributed by atoms with Crippen LogP contribution in [0.25, 0.3) is 0 Å². The Morgan fingerprint density at radius 3 is 2.45 bits per heavy atom. The van der Waals surface area contributed by atoms with Crippen molar-refractivity contribution >= 4 is 15.9 Å². The lowest BCUT2D eigenvalue weighted by Crippen LogP contribution is -2.34. The molecule has 0 bridgehead atoms. The summed E-state index contributed by atoms with van der Waals surface area (Å²) in [5.74, 6) is 0.312. The zero-order valence-electron chi connectivity index (χ0n) is 12.2. The second-order valence-electron chi connectivity index (χ2n) is 5.61. The molecule has 0 unspecified atom stereocenters. The zero-order valence-corrected chi connectivity index (χ0v) is 13.0. The minimum Gasteiger partial charge on any atom is -0.490 e. The Kier molecular flexibility index (Phi) is 4.24. The molecule has 1 aromatic carbocycles. The molecule has 3 rings (SSSR count). The monoisotopic (exact) mass is 325 g/mol. The van der Waals surface area contributed by atoms with Gasteiger partial charge in [-0.05, 0) is 25.0 Å². The zero-order chi connectivity index (χ0) is 15.6. The molecule has 0 aromatic heterocycles. The number of hydrogen-bond donors (Lipinski definition) is 1. The van der Waals surface area contributed by atoms with Gasteiger partial charge >= 0.3 is 0 Å². The summed E-state index contributed by atoms with van der Waals surface area (Å²) in [6.07, 6.45) is 4.20. The Morgan fingerprint density at radius 1 is 1.05 bits per heavy atom. The van der Waals surface area contributed by atoms with Crippen LogP contribution in [0.3, 0.4) is 0 Å². The number of rotatable bonds is 3. The summed E-state index contributed by atoms with van der Waals surface area (Å²) in [4.78, 5) is 12.0. The number of fused-ring (bicyclic) bond motifs is 1. The smallest absolute Gasteiger partial charge is 0.264 e. The molecule has 1 heterocycles. The lowest BCUT2D eigenvalue weighted by atomic mass is 10.1. The predicted molar refractivity (Wildman–Crippen MR) is 79.3 cm³/mol. The lowest BCUT2D eigenvalue weighted by molar-refractivity contribution is -0.122. The van der Waals surface area contributed by atoms with E-state index in [2.05, 4.69) is 4.72 Å². The van der Waals surface area contributed by atoms with E-state index in [9.17, 15) is 13.2 Å². The van der Waals surface area contributed by atoms with Crippen molar-refractivity contribution in [1.29, 1.82) is 0 Å². The molecule has 2 aliphatic rings. The van der Waals surface area contributed by atoms with E-state index in [0.717, 1.165) is 32.1 Å². The fourth-order valence-corrected chi connectivity index (χ4v) is 3.83. The van der Waals surface area contributed by atoms with Crippen LogP contribution in [0.4, 0.5) is 0 Å². The molecular formula is C15H19NO5S. The van der Waals surface area contributed by atoms with E-state index >= 15 is 0 Å². The van der Waals surface area contributed by atoms with Crippen molar-refractivity contribution in [1.82, 2.24) is 4.72 Å². The van der Waals surface area contributed by atoms with E-state index in [1.807, 2.05) is 0 Å². The van der Waals surface area contributed by atoms with Gasteiger partial charge in [0.05, 0.1) is 18.1 Å². The third-order valence-electron chi connectivity index (χ3n) is 3.99. The first-order chi connectivity index (χ1) is 10.6. The van der Waals surface area contributed by atoms with Crippen LogP contribution in [0.1, 0.15) is 32.1 Å². The molecule has 22 heavy (non-hydrogen) atoms. The number of sulfonamides is 1. The van der Waals surface area contributed by atoms with Crippen molar-refractivity contribution in [3.8, 4) is 11.5 Å². The Bertz CT molecular complexity index is 665. The summed E-state index contributed by atoms with van der Waals surface area (Å²) < 4.78 is 37.8. The SMILES string of the molecule is O=C(NS(=O)(=O)c1ccc2c(c1)OCCCO2)C1CCCC1. The predicted octanol–water partition coefficient (Wildman–Crippen LogP) is 1.84. The van der Waals surface area contributed by atoms with Crippen LogP contribution in [0, 0.1) is 5.92 Å².